The van der Waals surface area contributed by atoms with Gasteiger partial charge < -0.3 is 9.05 Å². The fraction of sp³-hybridized carbons (Fsp3) is 1.00. The fourth-order valence-corrected chi connectivity index (χ4v) is 3.21. The summed E-state index contributed by atoms with van der Waals surface area (Å²) in [5.41, 5.74) is 0. The molecule has 0 radical (unpaired) electrons. The molecule has 0 aliphatic carbocycles. The molecule has 0 aromatic carbocycles. The molecule has 6 heteroatoms. The molecule has 0 saturated carbocycles. The molecular weight excluding hydrogens is 263 g/mol. The van der Waals surface area contributed by atoms with Gasteiger partial charge in [-0.3, -0.25) is 4.57 Å². The average Bonchev–Trinajstić information content (AvgIpc) is 2.28. The molecule has 0 unspecified atom stereocenters. The van der Waals surface area contributed by atoms with Gasteiger partial charge in [-0.15, -0.1) is 0 Å². The summed E-state index contributed by atoms with van der Waals surface area (Å²) in [5, 5.41) is 0. The normalized spacial score (nSPS) is 11.2. The van der Waals surface area contributed by atoms with Crippen LogP contribution >= 0.6 is 31.8 Å². The molecule has 0 aromatic rings. The number of thioether (sulfide) groups is 2. The predicted molar refractivity (Wildman–Crippen MR) is 76.1 cm³/mol. The first kappa shape index (κ1) is 16.9. The van der Waals surface area contributed by atoms with Gasteiger partial charge in [0.1, 0.15) is 0 Å². The maximum Gasteiger partial charge on any atom is 0.319 e. The van der Waals surface area contributed by atoms with E-state index in [1.165, 1.54) is 12.8 Å². The molecule has 0 amide bonds. The summed E-state index contributed by atoms with van der Waals surface area (Å²) in [4.78, 5) is 0. The van der Waals surface area contributed by atoms with Crippen molar-refractivity contribution in [2.75, 3.05) is 36.2 Å². The quantitative estimate of drug-likeness (QED) is 0.404. The van der Waals surface area contributed by atoms with Crippen LogP contribution in [0.15, 0.2) is 0 Å². The van der Waals surface area contributed by atoms with Gasteiger partial charge >= 0.3 is 8.25 Å². The van der Waals surface area contributed by atoms with E-state index < -0.39 is 8.25 Å². The van der Waals surface area contributed by atoms with Crippen LogP contribution in [0.2, 0.25) is 0 Å². The lowest BCUT2D eigenvalue weighted by atomic mass is 10.6. The monoisotopic (exact) mass is 286 g/mol. The van der Waals surface area contributed by atoms with Crippen LogP contribution in [0.25, 0.3) is 0 Å². The van der Waals surface area contributed by atoms with Crippen LogP contribution in [0.1, 0.15) is 26.7 Å². The Hall–Kier alpha value is 0.850. The predicted octanol–water partition coefficient (Wildman–Crippen LogP) is 3.70. The van der Waals surface area contributed by atoms with Crippen molar-refractivity contribution in [1.29, 1.82) is 0 Å². The van der Waals surface area contributed by atoms with E-state index in [1.807, 2.05) is 23.5 Å². The Morgan fingerprint density at radius 3 is 1.69 bits per heavy atom. The summed E-state index contributed by atoms with van der Waals surface area (Å²) in [6.07, 6.45) is 2.34. The molecule has 98 valence electrons. The van der Waals surface area contributed by atoms with Gasteiger partial charge in [-0.05, 0) is 24.3 Å². The third kappa shape index (κ3) is 12.9. The molecule has 0 atom stereocenters. The van der Waals surface area contributed by atoms with Gasteiger partial charge in [-0.25, -0.2) is 0 Å². The molecule has 0 bridgehead atoms. The highest BCUT2D eigenvalue weighted by Crippen LogP contribution is 2.24. The minimum Gasteiger partial charge on any atom is -0.310 e. The Kier molecular flexibility index (Phi) is 14.7. The Bertz CT molecular complexity index is 154. The Morgan fingerprint density at radius 2 is 1.31 bits per heavy atom. The molecule has 0 heterocycles. The minimum absolute atomic E-state index is 0.532. The van der Waals surface area contributed by atoms with Crippen LogP contribution in [0.5, 0.6) is 0 Å². The van der Waals surface area contributed by atoms with Gasteiger partial charge in [0.2, 0.25) is 0 Å². The second-order valence-corrected chi connectivity index (χ2v) is 6.70. The average molecular weight is 286 g/mol. The van der Waals surface area contributed by atoms with Crippen LogP contribution < -0.4 is 0 Å². The summed E-state index contributed by atoms with van der Waals surface area (Å²) >= 11 is 3.65. The van der Waals surface area contributed by atoms with Gasteiger partial charge in [0.05, 0.1) is 13.2 Å². The molecule has 0 saturated heterocycles. The van der Waals surface area contributed by atoms with E-state index in [0.29, 0.717) is 13.2 Å². The van der Waals surface area contributed by atoms with E-state index in [0.717, 1.165) is 23.0 Å². The van der Waals surface area contributed by atoms with Crippen molar-refractivity contribution in [1.82, 2.24) is 0 Å². The zero-order valence-electron chi connectivity index (χ0n) is 10.2. The third-order valence-corrected chi connectivity index (χ3v) is 4.78. The van der Waals surface area contributed by atoms with Crippen molar-refractivity contribution in [3.63, 3.8) is 0 Å². The maximum atomic E-state index is 11.2. The lowest BCUT2D eigenvalue weighted by Gasteiger charge is -2.05. The van der Waals surface area contributed by atoms with Crippen molar-refractivity contribution in [2.24, 2.45) is 0 Å². The first-order valence-electron chi connectivity index (χ1n) is 5.76. The molecular formula is C10H23O3PS2. The first-order chi connectivity index (χ1) is 7.81. The number of hydrogen-bond donors (Lipinski definition) is 0. The van der Waals surface area contributed by atoms with Gasteiger partial charge in [0.15, 0.2) is 0 Å². The van der Waals surface area contributed by atoms with Gasteiger partial charge in [0.25, 0.3) is 0 Å². The van der Waals surface area contributed by atoms with Crippen LogP contribution in [-0.4, -0.2) is 36.2 Å². The van der Waals surface area contributed by atoms with Crippen molar-refractivity contribution in [3.05, 3.63) is 0 Å². The van der Waals surface area contributed by atoms with Crippen LogP contribution in [0.4, 0.5) is 0 Å². The van der Waals surface area contributed by atoms with Gasteiger partial charge in [0, 0.05) is 11.5 Å². The summed E-state index contributed by atoms with van der Waals surface area (Å²) in [5.74, 6) is 4.08. The molecule has 0 spiro atoms. The van der Waals surface area contributed by atoms with E-state index in [4.69, 9.17) is 9.05 Å². The highest BCUT2D eigenvalue weighted by molar-refractivity contribution is 7.99. The Balaban J connectivity index is 3.12. The second kappa shape index (κ2) is 13.9. The Morgan fingerprint density at radius 1 is 0.875 bits per heavy atom. The molecule has 16 heavy (non-hydrogen) atoms. The highest BCUT2D eigenvalue weighted by Gasteiger charge is 1.99. The molecule has 0 N–H and O–H groups in total. The van der Waals surface area contributed by atoms with E-state index in [1.54, 1.807) is 0 Å². The third-order valence-electron chi connectivity index (χ3n) is 1.59. The summed E-state index contributed by atoms with van der Waals surface area (Å²) in [6, 6.07) is 0. The maximum absolute atomic E-state index is 11.2. The fourth-order valence-electron chi connectivity index (χ4n) is 0.902. The standard InChI is InChI=1S/C10H23O3PS2/c1-3-7-15-9-5-12-14(11)13-6-10-16-8-4-2/h14H,3-10H2,1-2H3. The Labute approximate surface area is 108 Å². The topological polar surface area (TPSA) is 35.5 Å². The van der Waals surface area contributed by atoms with E-state index in [2.05, 4.69) is 13.8 Å². The highest BCUT2D eigenvalue weighted by atomic mass is 32.2. The summed E-state index contributed by atoms with van der Waals surface area (Å²) in [6.45, 7) is 5.36. The van der Waals surface area contributed by atoms with E-state index >= 15 is 0 Å². The van der Waals surface area contributed by atoms with Crippen molar-refractivity contribution < 1.29 is 13.6 Å². The zero-order chi connectivity index (χ0) is 12.1. The van der Waals surface area contributed by atoms with Crippen LogP contribution in [0, 0.1) is 0 Å². The zero-order valence-corrected chi connectivity index (χ0v) is 12.8. The van der Waals surface area contributed by atoms with Crippen molar-refractivity contribution >= 4 is 31.8 Å². The minimum atomic E-state index is -2.24. The summed E-state index contributed by atoms with van der Waals surface area (Å²) < 4.78 is 21.4. The van der Waals surface area contributed by atoms with Crippen LogP contribution in [-0.2, 0) is 13.6 Å². The van der Waals surface area contributed by atoms with Crippen LogP contribution in [0.3, 0.4) is 0 Å². The van der Waals surface area contributed by atoms with E-state index in [-0.39, 0.29) is 0 Å². The molecule has 0 aliphatic heterocycles. The second-order valence-electron chi connectivity index (χ2n) is 3.17. The largest absolute Gasteiger partial charge is 0.319 e. The molecule has 0 aromatic heterocycles. The van der Waals surface area contributed by atoms with Crippen molar-refractivity contribution in [2.45, 2.75) is 26.7 Å². The lowest BCUT2D eigenvalue weighted by Crippen LogP contribution is -1.96. The van der Waals surface area contributed by atoms with Gasteiger partial charge in [-0.2, -0.15) is 23.5 Å². The van der Waals surface area contributed by atoms with Gasteiger partial charge in [-0.1, -0.05) is 13.8 Å². The number of hydrogen-bond acceptors (Lipinski definition) is 5. The van der Waals surface area contributed by atoms with E-state index in [9.17, 15) is 4.57 Å². The smallest absolute Gasteiger partial charge is 0.310 e. The molecule has 0 rings (SSSR count). The number of rotatable bonds is 12. The molecule has 3 nitrogen and oxygen atoms in total. The molecule has 0 aliphatic rings. The SMILES string of the molecule is CCCSCCO[PH](=O)OCCSCCC. The van der Waals surface area contributed by atoms with Crippen molar-refractivity contribution in [3.8, 4) is 0 Å². The molecule has 0 fully saturated rings. The summed E-state index contributed by atoms with van der Waals surface area (Å²) in [7, 11) is -2.24. The first-order valence-corrected chi connectivity index (χ1v) is 9.29. The lowest BCUT2D eigenvalue weighted by molar-refractivity contribution is 0.246.